The summed E-state index contributed by atoms with van der Waals surface area (Å²) in [5.74, 6) is 0.633. The maximum Gasteiger partial charge on any atom is 0.212 e. The Hall–Kier alpha value is -0.130. The molecule has 0 radical (unpaired) electrons. The van der Waals surface area contributed by atoms with Crippen LogP contribution in [0.2, 0.25) is 0 Å². The van der Waals surface area contributed by atoms with Crippen molar-refractivity contribution in [3.63, 3.8) is 0 Å². The lowest BCUT2D eigenvalue weighted by Gasteiger charge is -2.15. The molecule has 0 spiro atoms. The average Bonchev–Trinajstić information content (AvgIpc) is 2.86. The number of aliphatic hydroxyl groups excluding tert-OH is 1. The molecule has 1 atom stereocenters. The second kappa shape index (κ2) is 5.09. The summed E-state index contributed by atoms with van der Waals surface area (Å²) in [6.07, 6.45) is 3.31. The van der Waals surface area contributed by atoms with Gasteiger partial charge < -0.3 is 5.11 Å². The third-order valence-electron chi connectivity index (χ3n) is 2.47. The lowest BCUT2D eigenvalue weighted by atomic mass is 10.2. The molecule has 5 heteroatoms. The molecule has 1 fully saturated rings. The summed E-state index contributed by atoms with van der Waals surface area (Å²) < 4.78 is 25.7. The third kappa shape index (κ3) is 4.39. The van der Waals surface area contributed by atoms with Crippen molar-refractivity contribution in [2.45, 2.75) is 38.6 Å². The van der Waals surface area contributed by atoms with Gasteiger partial charge in [-0.1, -0.05) is 6.92 Å². The summed E-state index contributed by atoms with van der Waals surface area (Å²) in [5, 5.41) is 8.72. The second-order valence-electron chi connectivity index (χ2n) is 3.96. The topological polar surface area (TPSA) is 66.4 Å². The monoisotopic (exact) mass is 221 g/mol. The highest BCUT2D eigenvalue weighted by Crippen LogP contribution is 2.30. The van der Waals surface area contributed by atoms with Gasteiger partial charge in [0.1, 0.15) is 0 Å². The first-order valence-corrected chi connectivity index (χ1v) is 6.83. The van der Waals surface area contributed by atoms with Crippen molar-refractivity contribution in [3.05, 3.63) is 0 Å². The minimum atomic E-state index is -3.11. The Kier molecular flexibility index (Phi) is 4.34. The van der Waals surface area contributed by atoms with Gasteiger partial charge in [0.2, 0.25) is 10.0 Å². The van der Waals surface area contributed by atoms with Gasteiger partial charge in [-0.25, -0.2) is 13.1 Å². The minimum absolute atomic E-state index is 0.0322. The molecule has 1 rings (SSSR count). The summed E-state index contributed by atoms with van der Waals surface area (Å²) in [7, 11) is -3.11. The Bertz CT molecular complexity index is 259. The zero-order chi connectivity index (χ0) is 10.6. The van der Waals surface area contributed by atoms with Gasteiger partial charge in [0.25, 0.3) is 0 Å². The zero-order valence-corrected chi connectivity index (χ0v) is 9.39. The molecule has 4 nitrogen and oxygen atoms in total. The maximum absolute atomic E-state index is 11.5. The first-order chi connectivity index (χ1) is 6.57. The van der Waals surface area contributed by atoms with Crippen molar-refractivity contribution in [3.8, 4) is 0 Å². The van der Waals surface area contributed by atoms with Gasteiger partial charge in [-0.15, -0.1) is 0 Å². The molecule has 1 aliphatic carbocycles. The summed E-state index contributed by atoms with van der Waals surface area (Å²) in [5.41, 5.74) is 0. The van der Waals surface area contributed by atoms with Crippen LogP contribution in [0.25, 0.3) is 0 Å². The van der Waals surface area contributed by atoms with Gasteiger partial charge in [-0.3, -0.25) is 0 Å². The van der Waals surface area contributed by atoms with Crippen molar-refractivity contribution < 1.29 is 13.5 Å². The molecule has 0 aromatic heterocycles. The quantitative estimate of drug-likeness (QED) is 0.657. The lowest BCUT2D eigenvalue weighted by molar-refractivity contribution is 0.270. The van der Waals surface area contributed by atoms with Crippen molar-refractivity contribution >= 4 is 10.0 Å². The fraction of sp³-hybridized carbons (Fsp3) is 1.00. The van der Waals surface area contributed by atoms with Crippen molar-refractivity contribution in [2.75, 3.05) is 12.4 Å². The van der Waals surface area contributed by atoms with Gasteiger partial charge in [0.05, 0.1) is 5.75 Å². The fourth-order valence-electron chi connectivity index (χ4n) is 1.40. The number of hydrogen-bond donors (Lipinski definition) is 2. The van der Waals surface area contributed by atoms with E-state index in [-0.39, 0.29) is 18.4 Å². The molecule has 14 heavy (non-hydrogen) atoms. The highest BCUT2D eigenvalue weighted by Gasteiger charge is 2.28. The highest BCUT2D eigenvalue weighted by molar-refractivity contribution is 7.89. The summed E-state index contributed by atoms with van der Waals surface area (Å²) in [6.45, 7) is 1.95. The molecular formula is C9H19NO3S. The largest absolute Gasteiger partial charge is 0.396 e. The first kappa shape index (κ1) is 11.9. The van der Waals surface area contributed by atoms with Gasteiger partial charge >= 0.3 is 0 Å². The first-order valence-electron chi connectivity index (χ1n) is 5.18. The van der Waals surface area contributed by atoms with Gasteiger partial charge in [0.15, 0.2) is 0 Å². The van der Waals surface area contributed by atoms with Crippen LogP contribution in [-0.2, 0) is 10.0 Å². The summed E-state index contributed by atoms with van der Waals surface area (Å²) >= 11 is 0. The molecule has 2 N–H and O–H groups in total. The van der Waals surface area contributed by atoms with Crippen molar-refractivity contribution in [1.82, 2.24) is 4.72 Å². The number of sulfonamides is 1. The predicted molar refractivity (Wildman–Crippen MR) is 55.4 cm³/mol. The van der Waals surface area contributed by atoms with Crippen LogP contribution in [0.15, 0.2) is 0 Å². The molecule has 0 amide bonds. The van der Waals surface area contributed by atoms with Gasteiger partial charge in [0, 0.05) is 12.6 Å². The van der Waals surface area contributed by atoms with Crippen molar-refractivity contribution in [1.29, 1.82) is 0 Å². The Balaban J connectivity index is 2.38. The van der Waals surface area contributed by atoms with E-state index in [1.54, 1.807) is 0 Å². The molecule has 0 heterocycles. The standard InChI is InChI=1S/C9H19NO3S/c1-2-9(5-6-11)10-14(12,13)7-8-3-4-8/h8-11H,2-7H2,1H3. The zero-order valence-electron chi connectivity index (χ0n) is 8.57. The molecule has 0 saturated heterocycles. The summed E-state index contributed by atoms with van der Waals surface area (Å²) in [6, 6.07) is -0.108. The van der Waals surface area contributed by atoms with Crippen LogP contribution in [0.1, 0.15) is 32.6 Å². The number of nitrogens with one attached hydrogen (secondary N) is 1. The van der Waals surface area contributed by atoms with E-state index in [4.69, 9.17) is 5.11 Å². The molecule has 1 aliphatic rings. The predicted octanol–water partition coefficient (Wildman–Crippen LogP) is 0.477. The molecule has 1 unspecified atom stereocenters. The third-order valence-corrected chi connectivity index (χ3v) is 4.07. The fourth-order valence-corrected chi connectivity index (χ4v) is 3.24. The van der Waals surface area contributed by atoms with Gasteiger partial charge in [-0.05, 0) is 31.6 Å². The Morgan fingerprint density at radius 3 is 2.57 bits per heavy atom. The minimum Gasteiger partial charge on any atom is -0.396 e. The Labute approximate surface area is 85.8 Å². The van der Waals surface area contributed by atoms with Crippen LogP contribution >= 0.6 is 0 Å². The second-order valence-corrected chi connectivity index (χ2v) is 5.76. The van der Waals surface area contributed by atoms with Crippen molar-refractivity contribution in [2.24, 2.45) is 5.92 Å². The maximum atomic E-state index is 11.5. The SMILES string of the molecule is CCC(CCO)NS(=O)(=O)CC1CC1. The van der Waals surface area contributed by atoms with Crippen LogP contribution in [0.3, 0.4) is 0 Å². The molecular weight excluding hydrogens is 202 g/mol. The smallest absolute Gasteiger partial charge is 0.212 e. The van der Waals surface area contributed by atoms with E-state index in [1.165, 1.54) is 0 Å². The highest BCUT2D eigenvalue weighted by atomic mass is 32.2. The molecule has 0 aliphatic heterocycles. The average molecular weight is 221 g/mol. The van der Waals surface area contributed by atoms with Crippen LogP contribution in [0.5, 0.6) is 0 Å². The van der Waals surface area contributed by atoms with Crippen LogP contribution < -0.4 is 4.72 Å². The molecule has 0 aromatic carbocycles. The molecule has 0 aromatic rings. The van der Waals surface area contributed by atoms with E-state index >= 15 is 0 Å². The number of aliphatic hydroxyl groups is 1. The molecule has 84 valence electrons. The number of hydrogen-bond acceptors (Lipinski definition) is 3. The number of rotatable bonds is 7. The lowest BCUT2D eigenvalue weighted by Crippen LogP contribution is -2.37. The van der Waals surface area contributed by atoms with Crippen LogP contribution in [0, 0.1) is 5.92 Å². The van der Waals surface area contributed by atoms with E-state index in [0.717, 1.165) is 19.3 Å². The van der Waals surface area contributed by atoms with E-state index in [9.17, 15) is 8.42 Å². The summed E-state index contributed by atoms with van der Waals surface area (Å²) in [4.78, 5) is 0. The molecule has 1 saturated carbocycles. The van der Waals surface area contributed by atoms with Gasteiger partial charge in [-0.2, -0.15) is 0 Å². The van der Waals surface area contributed by atoms with E-state index < -0.39 is 10.0 Å². The molecule has 0 bridgehead atoms. The van der Waals surface area contributed by atoms with Crippen LogP contribution in [0.4, 0.5) is 0 Å². The van der Waals surface area contributed by atoms with E-state index in [1.807, 2.05) is 6.92 Å². The van der Waals surface area contributed by atoms with E-state index in [2.05, 4.69) is 4.72 Å². The van der Waals surface area contributed by atoms with Crippen LogP contribution in [-0.4, -0.2) is 31.9 Å². The Morgan fingerprint density at radius 2 is 2.14 bits per heavy atom. The normalized spacial score (nSPS) is 19.6. The Morgan fingerprint density at radius 1 is 1.50 bits per heavy atom. The van der Waals surface area contributed by atoms with E-state index in [0.29, 0.717) is 12.3 Å².